The zero-order valence-corrected chi connectivity index (χ0v) is 23.7. The number of fused-ring (bicyclic) bond motifs is 1. The first-order chi connectivity index (χ1) is 18.8. The van der Waals surface area contributed by atoms with E-state index in [-0.39, 0.29) is 17.7 Å². The Bertz CT molecular complexity index is 1370. The topological polar surface area (TPSA) is 62.8 Å². The maximum Gasteiger partial charge on any atom is 0.163 e. The number of ketones is 1. The third-order valence-corrected chi connectivity index (χ3v) is 7.84. The highest BCUT2D eigenvalue weighted by Gasteiger charge is 2.37. The van der Waals surface area contributed by atoms with Crippen molar-refractivity contribution < 1.29 is 14.3 Å². The van der Waals surface area contributed by atoms with Crippen LogP contribution in [-0.2, 0) is 4.79 Å². The van der Waals surface area contributed by atoms with Crippen LogP contribution in [0.25, 0.3) is 0 Å². The second-order valence-corrected chi connectivity index (χ2v) is 11.0. The maximum absolute atomic E-state index is 14.0. The zero-order valence-electron chi connectivity index (χ0n) is 23.7. The van der Waals surface area contributed by atoms with E-state index in [1.807, 2.05) is 24.3 Å². The van der Waals surface area contributed by atoms with E-state index in [0.717, 1.165) is 57.4 Å². The average Bonchev–Trinajstić information content (AvgIpc) is 3.09. The normalized spacial score (nSPS) is 18.6. The summed E-state index contributed by atoms with van der Waals surface area (Å²) in [5.74, 6) is 1.82. The Hall–Kier alpha value is -3.93. The molecule has 0 amide bonds. The number of hydrogen-bond donors (Lipinski definition) is 2. The van der Waals surface area contributed by atoms with E-state index in [4.69, 9.17) is 9.47 Å². The molecule has 0 radical (unpaired) electrons. The van der Waals surface area contributed by atoms with Crippen molar-refractivity contribution >= 4 is 22.8 Å². The lowest BCUT2D eigenvalue weighted by Gasteiger charge is -2.34. The van der Waals surface area contributed by atoms with Crippen molar-refractivity contribution in [2.75, 3.05) is 29.8 Å². The van der Waals surface area contributed by atoms with Crippen molar-refractivity contribution in [3.8, 4) is 11.5 Å². The van der Waals surface area contributed by atoms with Gasteiger partial charge in [0.1, 0.15) is 11.5 Å². The van der Waals surface area contributed by atoms with Gasteiger partial charge in [0.25, 0.3) is 0 Å². The molecule has 3 aromatic rings. The van der Waals surface area contributed by atoms with Gasteiger partial charge in [-0.25, -0.2) is 0 Å². The summed E-state index contributed by atoms with van der Waals surface area (Å²) in [6, 6.07) is 22.9. The number of methoxy groups -OCH3 is 2. The minimum absolute atomic E-state index is 0.0930. The highest BCUT2D eigenvalue weighted by Crippen LogP contribution is 2.46. The van der Waals surface area contributed by atoms with Crippen LogP contribution in [0.1, 0.15) is 63.6 Å². The lowest BCUT2D eigenvalue weighted by molar-refractivity contribution is -0.116. The van der Waals surface area contributed by atoms with Crippen LogP contribution in [0.15, 0.2) is 78.0 Å². The fourth-order valence-electron chi connectivity index (χ4n) is 6.13. The fourth-order valence-corrected chi connectivity index (χ4v) is 6.13. The van der Waals surface area contributed by atoms with Crippen LogP contribution in [0, 0.1) is 0 Å². The molecule has 3 aromatic carbocycles. The summed E-state index contributed by atoms with van der Waals surface area (Å²) in [7, 11) is 3.37. The fraction of sp³-hybridized carbons (Fsp3) is 0.364. The summed E-state index contributed by atoms with van der Waals surface area (Å²) in [6.45, 7) is 8.81. The molecule has 2 N–H and O–H groups in total. The van der Waals surface area contributed by atoms with Crippen molar-refractivity contribution in [3.63, 3.8) is 0 Å². The van der Waals surface area contributed by atoms with E-state index < -0.39 is 0 Å². The molecule has 1 heterocycles. The minimum Gasteiger partial charge on any atom is -0.497 e. The van der Waals surface area contributed by atoms with Gasteiger partial charge in [-0.3, -0.25) is 4.79 Å². The number of rotatable bonds is 7. The Kier molecular flexibility index (Phi) is 7.56. The van der Waals surface area contributed by atoms with Crippen LogP contribution >= 0.6 is 0 Å². The molecule has 0 saturated heterocycles. The molecule has 0 saturated carbocycles. The Labute approximate surface area is 232 Å². The quantitative estimate of drug-likeness (QED) is 0.337. The number of carbonyl (C=O) groups excluding carboxylic acids is 1. The number of allylic oxidation sites excluding steroid dienone is 1. The molecule has 0 aromatic heterocycles. The number of nitrogens with zero attached hydrogens (tertiary/aromatic N) is 1. The predicted octanol–water partition coefficient (Wildman–Crippen LogP) is 7.31. The molecule has 6 nitrogen and oxygen atoms in total. The van der Waals surface area contributed by atoms with Gasteiger partial charge in [0.05, 0.1) is 31.6 Å². The van der Waals surface area contributed by atoms with Crippen LogP contribution in [0.5, 0.6) is 11.5 Å². The Morgan fingerprint density at radius 3 is 2.18 bits per heavy atom. The molecule has 0 spiro atoms. The number of para-hydroxylation sites is 2. The molecule has 0 fully saturated rings. The number of hydrogen-bond acceptors (Lipinski definition) is 6. The minimum atomic E-state index is -0.337. The lowest BCUT2D eigenvalue weighted by Crippen LogP contribution is -2.37. The van der Waals surface area contributed by atoms with Gasteiger partial charge in [0, 0.05) is 47.1 Å². The lowest BCUT2D eigenvalue weighted by atomic mass is 9.78. The van der Waals surface area contributed by atoms with Crippen molar-refractivity contribution in [2.45, 2.75) is 64.6 Å². The predicted molar refractivity (Wildman–Crippen MR) is 159 cm³/mol. The first kappa shape index (κ1) is 26.7. The highest BCUT2D eigenvalue weighted by atomic mass is 16.5. The molecule has 39 heavy (non-hydrogen) atoms. The highest BCUT2D eigenvalue weighted by molar-refractivity contribution is 6.01. The summed E-state index contributed by atoms with van der Waals surface area (Å²) >= 11 is 0. The average molecular weight is 526 g/mol. The van der Waals surface area contributed by atoms with Crippen molar-refractivity contribution in [1.29, 1.82) is 0 Å². The molecule has 2 aliphatic rings. The second kappa shape index (κ2) is 11.0. The van der Waals surface area contributed by atoms with Gasteiger partial charge in [-0.1, -0.05) is 30.3 Å². The molecule has 2 unspecified atom stereocenters. The van der Waals surface area contributed by atoms with Crippen LogP contribution in [0.2, 0.25) is 0 Å². The first-order valence-electron chi connectivity index (χ1n) is 13.8. The molecule has 5 rings (SSSR count). The smallest absolute Gasteiger partial charge is 0.163 e. The van der Waals surface area contributed by atoms with Gasteiger partial charge in [-0.05, 0) is 75.9 Å². The molecular weight excluding hydrogens is 486 g/mol. The van der Waals surface area contributed by atoms with Crippen LogP contribution in [0.3, 0.4) is 0 Å². The van der Waals surface area contributed by atoms with E-state index in [1.54, 1.807) is 14.2 Å². The molecule has 204 valence electrons. The number of Topliss-reactive ketones (excluding diaryl/α,β-unsaturated/α-hetero) is 1. The summed E-state index contributed by atoms with van der Waals surface area (Å²) in [6.07, 6.45) is 1.20. The molecule has 2 atom stereocenters. The van der Waals surface area contributed by atoms with Gasteiger partial charge < -0.3 is 25.0 Å². The van der Waals surface area contributed by atoms with Gasteiger partial charge in [0.15, 0.2) is 5.78 Å². The number of benzene rings is 3. The molecule has 6 heteroatoms. The monoisotopic (exact) mass is 525 g/mol. The Morgan fingerprint density at radius 2 is 1.54 bits per heavy atom. The first-order valence-corrected chi connectivity index (χ1v) is 13.8. The maximum atomic E-state index is 14.0. The van der Waals surface area contributed by atoms with Crippen molar-refractivity contribution in [2.24, 2.45) is 0 Å². The summed E-state index contributed by atoms with van der Waals surface area (Å²) < 4.78 is 11.3. The SMILES string of the molecule is COc1ccc(C2CC(=O)C3=C(C2)Nc2ccccc2NC3c2ccc(N(C(C)C)C(C)C)cc2OC)cc1. The van der Waals surface area contributed by atoms with Gasteiger partial charge in [-0.15, -0.1) is 0 Å². The third kappa shape index (κ3) is 5.20. The summed E-state index contributed by atoms with van der Waals surface area (Å²) in [4.78, 5) is 16.3. The van der Waals surface area contributed by atoms with Crippen LogP contribution in [-0.4, -0.2) is 32.1 Å². The van der Waals surface area contributed by atoms with E-state index in [2.05, 4.69) is 85.7 Å². The van der Waals surface area contributed by atoms with Crippen LogP contribution < -0.4 is 25.0 Å². The van der Waals surface area contributed by atoms with Gasteiger partial charge >= 0.3 is 0 Å². The van der Waals surface area contributed by atoms with Crippen LogP contribution in [0.4, 0.5) is 17.1 Å². The summed E-state index contributed by atoms with van der Waals surface area (Å²) in [5, 5.41) is 7.33. The number of ether oxygens (including phenoxy) is 2. The van der Waals surface area contributed by atoms with Crippen molar-refractivity contribution in [3.05, 3.63) is 89.1 Å². The Balaban J connectivity index is 1.59. The van der Waals surface area contributed by atoms with Crippen molar-refractivity contribution in [1.82, 2.24) is 0 Å². The largest absolute Gasteiger partial charge is 0.497 e. The number of carbonyl (C=O) groups is 1. The van der Waals surface area contributed by atoms with Gasteiger partial charge in [-0.2, -0.15) is 0 Å². The Morgan fingerprint density at radius 1 is 0.846 bits per heavy atom. The molecule has 0 bridgehead atoms. The van der Waals surface area contributed by atoms with E-state index in [1.165, 1.54) is 0 Å². The standard InChI is InChI=1S/C33H39N3O3/c1-20(2)36(21(3)4)24-13-16-26(31(19-24)39-6)33-32-29(34-27-9-7-8-10-28(27)35-33)17-23(18-30(32)37)22-11-14-25(38-5)15-12-22/h7-16,19-21,23,33-35H,17-18H2,1-6H3. The number of anilines is 3. The number of nitrogens with one attached hydrogen (secondary N) is 2. The summed E-state index contributed by atoms with van der Waals surface area (Å²) in [5.41, 5.74) is 6.88. The zero-order chi connectivity index (χ0) is 27.7. The van der Waals surface area contributed by atoms with E-state index in [0.29, 0.717) is 18.5 Å². The molecule has 1 aliphatic heterocycles. The molecule has 1 aliphatic carbocycles. The van der Waals surface area contributed by atoms with E-state index >= 15 is 0 Å². The van der Waals surface area contributed by atoms with Gasteiger partial charge in [0.2, 0.25) is 0 Å². The van der Waals surface area contributed by atoms with E-state index in [9.17, 15) is 4.79 Å². The molecular formula is C33H39N3O3. The third-order valence-electron chi connectivity index (χ3n) is 7.84. The second-order valence-electron chi connectivity index (χ2n) is 11.0.